The summed E-state index contributed by atoms with van der Waals surface area (Å²) in [7, 11) is 1.84. The van der Waals surface area contributed by atoms with E-state index in [0.29, 0.717) is 18.6 Å². The van der Waals surface area contributed by atoms with Crippen LogP contribution in [0, 0.1) is 0 Å². The van der Waals surface area contributed by atoms with Crippen LogP contribution in [0.4, 0.5) is 0 Å². The minimum atomic E-state index is 0.0492. The van der Waals surface area contributed by atoms with Crippen LogP contribution in [0.2, 0.25) is 0 Å². The number of likely N-dealkylation sites (N-methyl/N-ethyl adjacent to an activating group) is 1. The number of piperidine rings is 1. The second-order valence-electron chi connectivity index (χ2n) is 4.14. The van der Waals surface area contributed by atoms with Gasteiger partial charge in [0.1, 0.15) is 5.78 Å². The van der Waals surface area contributed by atoms with Gasteiger partial charge in [0.05, 0.1) is 6.04 Å². The first kappa shape index (κ1) is 9.65. The van der Waals surface area contributed by atoms with Crippen LogP contribution in [0.25, 0.3) is 0 Å². The monoisotopic (exact) mass is 196 g/mol. The van der Waals surface area contributed by atoms with Crippen molar-refractivity contribution in [1.29, 1.82) is 0 Å². The third-order valence-corrected chi connectivity index (χ3v) is 3.20. The van der Waals surface area contributed by atoms with Crippen molar-refractivity contribution >= 4 is 11.7 Å². The van der Waals surface area contributed by atoms with Crippen LogP contribution in [-0.2, 0) is 9.59 Å². The Hall–Kier alpha value is -0.900. The van der Waals surface area contributed by atoms with Crippen molar-refractivity contribution in [3.8, 4) is 0 Å². The topological polar surface area (TPSA) is 40.6 Å². The highest BCUT2D eigenvalue weighted by atomic mass is 16.2. The van der Waals surface area contributed by atoms with Crippen LogP contribution in [0.5, 0.6) is 0 Å². The molecule has 2 aliphatic rings. The molecule has 0 aromatic heterocycles. The zero-order chi connectivity index (χ0) is 10.1. The first-order valence-corrected chi connectivity index (χ1v) is 5.19. The van der Waals surface area contributed by atoms with Crippen molar-refractivity contribution in [2.24, 2.45) is 0 Å². The number of carbonyl (C=O) groups is 2. The number of hydrogen-bond donors (Lipinski definition) is 0. The Labute approximate surface area is 83.9 Å². The molecule has 0 saturated carbocycles. The van der Waals surface area contributed by atoms with E-state index in [1.54, 1.807) is 4.90 Å². The van der Waals surface area contributed by atoms with E-state index in [0.717, 1.165) is 26.1 Å². The molecule has 1 unspecified atom stereocenters. The molecular weight excluding hydrogens is 180 g/mol. The highest BCUT2D eigenvalue weighted by molar-refractivity contribution is 5.84. The first-order valence-electron chi connectivity index (χ1n) is 5.19. The quantitative estimate of drug-likeness (QED) is 0.587. The molecule has 1 amide bonds. The number of hydrogen-bond acceptors (Lipinski definition) is 3. The minimum Gasteiger partial charge on any atom is -0.344 e. The van der Waals surface area contributed by atoms with Crippen LogP contribution < -0.4 is 0 Å². The van der Waals surface area contributed by atoms with Gasteiger partial charge in [-0.3, -0.25) is 14.5 Å². The summed E-state index contributed by atoms with van der Waals surface area (Å²) in [6.07, 6.45) is 2.16. The van der Waals surface area contributed by atoms with Crippen molar-refractivity contribution in [1.82, 2.24) is 9.80 Å². The second-order valence-corrected chi connectivity index (χ2v) is 4.14. The number of rotatable bonds is 1. The lowest BCUT2D eigenvalue weighted by atomic mass is 10.1. The second kappa shape index (κ2) is 3.69. The fraction of sp³-hybridized carbons (Fsp3) is 0.800. The molecular formula is C10H16N2O2. The van der Waals surface area contributed by atoms with E-state index < -0.39 is 0 Å². The number of ketones is 1. The predicted molar refractivity (Wildman–Crippen MR) is 51.9 cm³/mol. The largest absolute Gasteiger partial charge is 0.344 e. The normalized spacial score (nSPS) is 30.1. The van der Waals surface area contributed by atoms with Crippen LogP contribution >= 0.6 is 0 Å². The Morgan fingerprint density at radius 3 is 2.29 bits per heavy atom. The van der Waals surface area contributed by atoms with Gasteiger partial charge in [0.15, 0.2) is 0 Å². The number of amides is 1. The van der Waals surface area contributed by atoms with Gasteiger partial charge in [-0.05, 0) is 6.42 Å². The number of likely N-dealkylation sites (tertiary alicyclic amines) is 2. The van der Waals surface area contributed by atoms with Crippen LogP contribution in [0.1, 0.15) is 19.3 Å². The molecule has 78 valence electrons. The lowest BCUT2D eigenvalue weighted by Gasteiger charge is -2.30. The van der Waals surface area contributed by atoms with Gasteiger partial charge < -0.3 is 4.90 Å². The molecule has 2 aliphatic heterocycles. The van der Waals surface area contributed by atoms with Crippen LogP contribution in [0.15, 0.2) is 0 Å². The third-order valence-electron chi connectivity index (χ3n) is 3.20. The highest BCUT2D eigenvalue weighted by Gasteiger charge is 2.35. The molecule has 2 saturated heterocycles. The molecule has 1 atom stereocenters. The SMILES string of the molecule is CN1CCC(N2CCC(=O)CC2)C1=O. The molecule has 2 fully saturated rings. The minimum absolute atomic E-state index is 0.0492. The lowest BCUT2D eigenvalue weighted by molar-refractivity contribution is -0.133. The number of carbonyl (C=O) groups excluding carboxylic acids is 2. The van der Waals surface area contributed by atoms with E-state index >= 15 is 0 Å². The summed E-state index contributed by atoms with van der Waals surface area (Å²) in [5.41, 5.74) is 0. The number of Topliss-reactive ketones (excluding diaryl/α,β-unsaturated/α-hetero) is 1. The average molecular weight is 196 g/mol. The lowest BCUT2D eigenvalue weighted by Crippen LogP contribution is -2.45. The Balaban J connectivity index is 1.96. The fourth-order valence-electron chi connectivity index (χ4n) is 2.23. The Bertz CT molecular complexity index is 255. The molecule has 4 heteroatoms. The van der Waals surface area contributed by atoms with Gasteiger partial charge in [-0.25, -0.2) is 0 Å². The van der Waals surface area contributed by atoms with Crippen molar-refractivity contribution in [3.63, 3.8) is 0 Å². The van der Waals surface area contributed by atoms with Gasteiger partial charge in [0.2, 0.25) is 5.91 Å². The summed E-state index contributed by atoms with van der Waals surface area (Å²) in [6.45, 7) is 2.39. The summed E-state index contributed by atoms with van der Waals surface area (Å²) < 4.78 is 0. The van der Waals surface area contributed by atoms with E-state index in [-0.39, 0.29) is 11.9 Å². The third kappa shape index (κ3) is 1.66. The van der Waals surface area contributed by atoms with Crippen molar-refractivity contribution < 1.29 is 9.59 Å². The van der Waals surface area contributed by atoms with E-state index in [1.807, 2.05) is 7.05 Å². The van der Waals surface area contributed by atoms with Crippen molar-refractivity contribution in [3.05, 3.63) is 0 Å². The van der Waals surface area contributed by atoms with E-state index in [2.05, 4.69) is 4.90 Å². The van der Waals surface area contributed by atoms with Crippen LogP contribution in [0.3, 0.4) is 0 Å². The molecule has 0 aromatic rings. The maximum Gasteiger partial charge on any atom is 0.239 e. The Morgan fingerprint density at radius 2 is 1.79 bits per heavy atom. The average Bonchev–Trinajstić information content (AvgIpc) is 2.50. The summed E-state index contributed by atoms with van der Waals surface area (Å²) in [5, 5.41) is 0. The molecule has 0 spiro atoms. The van der Waals surface area contributed by atoms with E-state index in [4.69, 9.17) is 0 Å². The van der Waals surface area contributed by atoms with Gasteiger partial charge in [-0.1, -0.05) is 0 Å². The Morgan fingerprint density at radius 1 is 1.14 bits per heavy atom. The fourth-order valence-corrected chi connectivity index (χ4v) is 2.23. The molecule has 4 nitrogen and oxygen atoms in total. The summed E-state index contributed by atoms with van der Waals surface area (Å²) in [6, 6.07) is 0.0492. The van der Waals surface area contributed by atoms with Crippen molar-refractivity contribution in [2.45, 2.75) is 25.3 Å². The standard InChI is InChI=1S/C10H16N2O2/c1-11-5-4-9(10(11)14)12-6-2-8(13)3-7-12/h9H,2-7H2,1H3. The molecule has 2 rings (SSSR count). The molecule has 14 heavy (non-hydrogen) atoms. The zero-order valence-corrected chi connectivity index (χ0v) is 8.53. The molecule has 0 N–H and O–H groups in total. The van der Waals surface area contributed by atoms with E-state index in [1.165, 1.54) is 0 Å². The van der Waals surface area contributed by atoms with Gasteiger partial charge in [-0.15, -0.1) is 0 Å². The van der Waals surface area contributed by atoms with Crippen LogP contribution in [-0.4, -0.2) is 54.2 Å². The molecule has 0 aromatic carbocycles. The Kier molecular flexibility index (Phi) is 2.54. The molecule has 0 bridgehead atoms. The maximum atomic E-state index is 11.7. The van der Waals surface area contributed by atoms with Gasteiger partial charge in [0, 0.05) is 39.5 Å². The summed E-state index contributed by atoms with van der Waals surface area (Å²) in [4.78, 5) is 26.7. The first-order chi connectivity index (χ1) is 6.68. The van der Waals surface area contributed by atoms with Gasteiger partial charge >= 0.3 is 0 Å². The van der Waals surface area contributed by atoms with Gasteiger partial charge in [0.25, 0.3) is 0 Å². The zero-order valence-electron chi connectivity index (χ0n) is 8.53. The molecule has 2 heterocycles. The van der Waals surface area contributed by atoms with E-state index in [9.17, 15) is 9.59 Å². The molecule has 0 radical (unpaired) electrons. The van der Waals surface area contributed by atoms with Gasteiger partial charge in [-0.2, -0.15) is 0 Å². The predicted octanol–water partition coefficient (Wildman–Crippen LogP) is -0.118. The smallest absolute Gasteiger partial charge is 0.239 e. The van der Waals surface area contributed by atoms with Crippen molar-refractivity contribution in [2.75, 3.05) is 26.7 Å². The summed E-state index contributed by atoms with van der Waals surface area (Å²) >= 11 is 0. The number of nitrogens with zero attached hydrogens (tertiary/aromatic N) is 2. The molecule has 0 aliphatic carbocycles. The highest BCUT2D eigenvalue weighted by Crippen LogP contribution is 2.18. The summed E-state index contributed by atoms with van der Waals surface area (Å²) in [5.74, 6) is 0.555. The maximum absolute atomic E-state index is 11.7.